The van der Waals surface area contributed by atoms with Gasteiger partial charge < -0.3 is 9.66 Å². The number of hydrogen-bond donors (Lipinski definition) is 2. The zero-order chi connectivity index (χ0) is 9.68. The molecule has 0 aliphatic carbocycles. The molecular formula is C9H13NO2S. The molecule has 0 amide bonds. The Morgan fingerprint density at radius 1 is 1.38 bits per heavy atom. The minimum atomic E-state index is -1.20. The van der Waals surface area contributed by atoms with E-state index in [4.69, 9.17) is 5.11 Å². The van der Waals surface area contributed by atoms with Crippen LogP contribution in [0.25, 0.3) is 0 Å². The van der Waals surface area contributed by atoms with Crippen LogP contribution in [0.1, 0.15) is 5.56 Å². The lowest BCUT2D eigenvalue weighted by Gasteiger charge is -2.09. The molecule has 1 atom stereocenters. The topological polar surface area (TPSA) is 55.3 Å². The van der Waals surface area contributed by atoms with E-state index < -0.39 is 11.4 Å². The van der Waals surface area contributed by atoms with E-state index in [1.807, 2.05) is 31.2 Å². The molecule has 1 unspecified atom stereocenters. The Morgan fingerprint density at radius 3 is 2.54 bits per heavy atom. The first kappa shape index (κ1) is 10.5. The van der Waals surface area contributed by atoms with Crippen molar-refractivity contribution in [3.8, 4) is 0 Å². The van der Waals surface area contributed by atoms with Crippen molar-refractivity contribution in [3.05, 3.63) is 29.8 Å². The number of benzene rings is 1. The monoisotopic (exact) mass is 199 g/mol. The standard InChI is InChI=1S/C9H13NO2S/c1-8-2-4-9(5-3-8)13(12)10-6-7-11/h2-5,10-11H,6-7H2,1H3. The molecule has 0 aliphatic rings. The average Bonchev–Trinajstić information content (AvgIpc) is 2.15. The normalized spacial score (nSPS) is 12.8. The number of aliphatic hydroxyl groups is 1. The third-order valence-electron chi connectivity index (χ3n) is 1.58. The molecule has 0 bridgehead atoms. The van der Waals surface area contributed by atoms with Crippen LogP contribution in [0.5, 0.6) is 0 Å². The third kappa shape index (κ3) is 3.36. The van der Waals surface area contributed by atoms with Crippen LogP contribution in [-0.4, -0.2) is 22.8 Å². The molecule has 0 saturated heterocycles. The Morgan fingerprint density at radius 2 is 2.00 bits per heavy atom. The van der Waals surface area contributed by atoms with Crippen LogP contribution in [0, 0.1) is 6.92 Å². The lowest BCUT2D eigenvalue weighted by atomic mass is 10.2. The molecule has 0 aliphatic heterocycles. The number of aryl methyl sites for hydroxylation is 1. The van der Waals surface area contributed by atoms with Crippen molar-refractivity contribution in [1.29, 1.82) is 0 Å². The number of rotatable bonds is 4. The van der Waals surface area contributed by atoms with Gasteiger partial charge in [-0.1, -0.05) is 17.7 Å². The molecule has 72 valence electrons. The van der Waals surface area contributed by atoms with Crippen LogP contribution in [-0.2, 0) is 11.4 Å². The fourth-order valence-electron chi connectivity index (χ4n) is 0.884. The Balaban J connectivity index is 2.55. The van der Waals surface area contributed by atoms with E-state index in [1.54, 1.807) is 0 Å². The second kappa shape index (κ2) is 5.24. The lowest BCUT2D eigenvalue weighted by Crippen LogP contribution is -2.26. The highest BCUT2D eigenvalue weighted by molar-refractivity contribution is 7.89. The summed E-state index contributed by atoms with van der Waals surface area (Å²) >= 11 is -1.20. The van der Waals surface area contributed by atoms with Crippen LogP contribution in [0.4, 0.5) is 0 Å². The maximum absolute atomic E-state index is 11.4. The van der Waals surface area contributed by atoms with E-state index in [9.17, 15) is 4.55 Å². The molecule has 1 aromatic rings. The van der Waals surface area contributed by atoms with Crippen molar-refractivity contribution >= 4 is 11.4 Å². The highest BCUT2D eigenvalue weighted by Gasteiger charge is 2.08. The van der Waals surface area contributed by atoms with Gasteiger partial charge in [0.2, 0.25) is 0 Å². The summed E-state index contributed by atoms with van der Waals surface area (Å²) in [6.45, 7) is 2.33. The van der Waals surface area contributed by atoms with Gasteiger partial charge in [0.1, 0.15) is 0 Å². The molecule has 2 N–H and O–H groups in total. The Kier molecular flexibility index (Phi) is 4.24. The summed E-state index contributed by atoms with van der Waals surface area (Å²) < 4.78 is 14.1. The van der Waals surface area contributed by atoms with Crippen molar-refractivity contribution in [1.82, 2.24) is 4.72 Å². The van der Waals surface area contributed by atoms with Crippen molar-refractivity contribution in [2.75, 3.05) is 13.2 Å². The van der Waals surface area contributed by atoms with Crippen LogP contribution in [0.3, 0.4) is 0 Å². The Bertz CT molecular complexity index is 250. The largest absolute Gasteiger partial charge is 0.593 e. The summed E-state index contributed by atoms with van der Waals surface area (Å²) in [5.41, 5.74) is 1.14. The van der Waals surface area contributed by atoms with Gasteiger partial charge in [-0.25, -0.2) is 0 Å². The van der Waals surface area contributed by atoms with Gasteiger partial charge in [0.15, 0.2) is 4.90 Å². The Hall–Kier alpha value is -0.550. The fraction of sp³-hybridized carbons (Fsp3) is 0.333. The minimum absolute atomic E-state index is 0.00238. The molecule has 1 aromatic carbocycles. The molecule has 0 heterocycles. The first-order valence-corrected chi connectivity index (χ1v) is 5.22. The summed E-state index contributed by atoms with van der Waals surface area (Å²) in [6, 6.07) is 7.45. The van der Waals surface area contributed by atoms with E-state index >= 15 is 0 Å². The SMILES string of the molecule is Cc1ccc([S+]([O-])NCCO)cc1. The van der Waals surface area contributed by atoms with E-state index in [0.29, 0.717) is 6.54 Å². The maximum Gasteiger partial charge on any atom is 0.173 e. The van der Waals surface area contributed by atoms with Gasteiger partial charge in [0, 0.05) is 0 Å². The Labute approximate surface area is 81.1 Å². The lowest BCUT2D eigenvalue weighted by molar-refractivity contribution is 0.301. The van der Waals surface area contributed by atoms with Crippen molar-refractivity contribution in [2.45, 2.75) is 11.8 Å². The van der Waals surface area contributed by atoms with E-state index in [-0.39, 0.29) is 6.61 Å². The quantitative estimate of drug-likeness (QED) is 0.698. The minimum Gasteiger partial charge on any atom is -0.593 e. The van der Waals surface area contributed by atoms with Gasteiger partial charge >= 0.3 is 0 Å². The van der Waals surface area contributed by atoms with Crippen LogP contribution < -0.4 is 4.72 Å². The summed E-state index contributed by atoms with van der Waals surface area (Å²) in [4.78, 5) is 0.735. The number of aliphatic hydroxyl groups excluding tert-OH is 1. The van der Waals surface area contributed by atoms with Gasteiger partial charge in [0.05, 0.1) is 24.5 Å². The highest BCUT2D eigenvalue weighted by Crippen LogP contribution is 2.09. The van der Waals surface area contributed by atoms with Crippen LogP contribution >= 0.6 is 0 Å². The maximum atomic E-state index is 11.4. The third-order valence-corrected chi connectivity index (χ3v) is 2.75. The second-order valence-electron chi connectivity index (χ2n) is 2.70. The van der Waals surface area contributed by atoms with E-state index in [1.165, 1.54) is 0 Å². The second-order valence-corrected chi connectivity index (χ2v) is 4.00. The van der Waals surface area contributed by atoms with E-state index in [2.05, 4.69) is 4.72 Å². The van der Waals surface area contributed by atoms with Gasteiger partial charge in [-0.05, 0) is 19.1 Å². The molecule has 0 aromatic heterocycles. The highest BCUT2D eigenvalue weighted by atomic mass is 32.2. The zero-order valence-corrected chi connectivity index (χ0v) is 8.30. The first-order chi connectivity index (χ1) is 6.24. The molecule has 0 saturated carbocycles. The predicted octanol–water partition coefficient (Wildman–Crippen LogP) is 0.600. The molecule has 0 radical (unpaired) electrons. The molecular weight excluding hydrogens is 186 g/mol. The summed E-state index contributed by atoms with van der Waals surface area (Å²) in [7, 11) is 0. The first-order valence-electron chi connectivity index (χ1n) is 4.07. The molecule has 0 spiro atoms. The molecule has 4 heteroatoms. The molecule has 13 heavy (non-hydrogen) atoms. The summed E-state index contributed by atoms with van der Waals surface area (Å²) in [5, 5.41) is 8.51. The van der Waals surface area contributed by atoms with Gasteiger partial charge in [-0.3, -0.25) is 0 Å². The molecule has 0 fully saturated rings. The molecule has 1 rings (SSSR count). The van der Waals surface area contributed by atoms with Crippen LogP contribution in [0.15, 0.2) is 29.2 Å². The fourth-order valence-corrected chi connectivity index (χ4v) is 1.71. The van der Waals surface area contributed by atoms with Crippen molar-refractivity contribution in [3.63, 3.8) is 0 Å². The van der Waals surface area contributed by atoms with Gasteiger partial charge in [-0.2, -0.15) is 0 Å². The van der Waals surface area contributed by atoms with Gasteiger partial charge in [-0.15, -0.1) is 4.72 Å². The van der Waals surface area contributed by atoms with Crippen molar-refractivity contribution < 1.29 is 9.66 Å². The van der Waals surface area contributed by atoms with Crippen LogP contribution in [0.2, 0.25) is 0 Å². The van der Waals surface area contributed by atoms with Gasteiger partial charge in [0.25, 0.3) is 0 Å². The summed E-state index contributed by atoms with van der Waals surface area (Å²) in [6.07, 6.45) is 0. The van der Waals surface area contributed by atoms with Crippen molar-refractivity contribution in [2.24, 2.45) is 0 Å². The number of nitrogens with one attached hydrogen (secondary N) is 1. The summed E-state index contributed by atoms with van der Waals surface area (Å²) in [5.74, 6) is 0. The zero-order valence-electron chi connectivity index (χ0n) is 7.49. The number of hydrogen-bond acceptors (Lipinski definition) is 3. The van der Waals surface area contributed by atoms with E-state index in [0.717, 1.165) is 10.5 Å². The smallest absolute Gasteiger partial charge is 0.173 e. The molecule has 3 nitrogen and oxygen atoms in total. The average molecular weight is 199 g/mol. The predicted molar refractivity (Wildman–Crippen MR) is 52.7 cm³/mol.